The van der Waals surface area contributed by atoms with Gasteiger partial charge >= 0.3 is 19.2 Å². The molecule has 1 heterocycles. The van der Waals surface area contributed by atoms with Gasteiger partial charge < -0.3 is 24.1 Å². The smallest absolute Gasteiger partial charge is 0.465 e. The number of esters is 1. The van der Waals surface area contributed by atoms with Gasteiger partial charge in [0.1, 0.15) is 5.60 Å². The van der Waals surface area contributed by atoms with Gasteiger partial charge in [0.25, 0.3) is 0 Å². The molecule has 1 aliphatic rings. The van der Waals surface area contributed by atoms with Crippen LogP contribution in [0.3, 0.4) is 0 Å². The molecule has 1 saturated heterocycles. The van der Waals surface area contributed by atoms with E-state index in [1.54, 1.807) is 39.0 Å². The number of nitrogens with one attached hydrogen (secondary N) is 1. The molecule has 0 saturated carbocycles. The van der Waals surface area contributed by atoms with Gasteiger partial charge in [0.05, 0.1) is 28.9 Å². The third-order valence-electron chi connectivity index (χ3n) is 5.14. The van der Waals surface area contributed by atoms with Crippen LogP contribution >= 0.6 is 11.6 Å². The Morgan fingerprint density at radius 1 is 1.16 bits per heavy atom. The fraction of sp³-hybridized carbons (Fsp3) is 0.545. The highest BCUT2D eigenvalue weighted by Crippen LogP contribution is 2.38. The van der Waals surface area contributed by atoms with Crippen molar-refractivity contribution in [1.29, 1.82) is 0 Å². The third kappa shape index (κ3) is 6.48. The zero-order valence-corrected chi connectivity index (χ0v) is 20.2. The van der Waals surface area contributed by atoms with Crippen LogP contribution in [0, 0.1) is 0 Å². The Bertz CT molecular complexity index is 859. The van der Waals surface area contributed by atoms with E-state index in [-0.39, 0.29) is 17.1 Å². The largest absolute Gasteiger partial charge is 0.492 e. The van der Waals surface area contributed by atoms with Crippen LogP contribution in [-0.4, -0.2) is 49.6 Å². The van der Waals surface area contributed by atoms with Crippen LogP contribution in [-0.2, 0) is 18.8 Å². The summed E-state index contributed by atoms with van der Waals surface area (Å²) in [4.78, 5) is 24.0. The molecule has 0 aromatic heterocycles. The van der Waals surface area contributed by atoms with Gasteiger partial charge in [-0.1, -0.05) is 23.7 Å². The van der Waals surface area contributed by atoms with Crippen LogP contribution < -0.4 is 5.32 Å². The molecule has 31 heavy (non-hydrogen) atoms. The average Bonchev–Trinajstić information content (AvgIpc) is 2.84. The molecule has 7 nitrogen and oxygen atoms in total. The Hall–Kier alpha value is -2.03. The highest BCUT2D eigenvalue weighted by Gasteiger charge is 2.52. The molecule has 1 N–H and O–H groups in total. The molecule has 1 aromatic carbocycles. The number of carbonyl (C=O) groups is 2. The standard InChI is InChI=1S/C22H31BClNO6/c1-20(2,3)29-19(27)25-13-15(23-30-21(4,5)22(6,7)31-23)11-14-9-10-16(17(24)12-14)18(26)28-8/h9-12H,13H2,1-8H3,(H,25,27). The van der Waals surface area contributed by atoms with Crippen molar-refractivity contribution in [2.24, 2.45) is 0 Å². The van der Waals surface area contributed by atoms with E-state index in [0.29, 0.717) is 11.0 Å². The van der Waals surface area contributed by atoms with Crippen molar-refractivity contribution in [2.75, 3.05) is 13.7 Å². The number of amides is 1. The van der Waals surface area contributed by atoms with E-state index in [4.69, 9.17) is 30.4 Å². The number of hydrogen-bond donors (Lipinski definition) is 1. The van der Waals surface area contributed by atoms with E-state index in [2.05, 4.69) is 5.32 Å². The Balaban J connectivity index is 2.32. The Kier molecular flexibility index (Phi) is 7.51. The summed E-state index contributed by atoms with van der Waals surface area (Å²) in [5.74, 6) is -0.515. The summed E-state index contributed by atoms with van der Waals surface area (Å²) >= 11 is 6.25. The van der Waals surface area contributed by atoms with Crippen molar-refractivity contribution < 1.29 is 28.4 Å². The minimum atomic E-state index is -0.681. The van der Waals surface area contributed by atoms with Gasteiger partial charge in [-0.15, -0.1) is 0 Å². The highest BCUT2D eigenvalue weighted by atomic mass is 35.5. The van der Waals surface area contributed by atoms with Crippen LogP contribution in [0.4, 0.5) is 4.79 Å². The number of carbonyl (C=O) groups excluding carboxylic acids is 2. The lowest BCUT2D eigenvalue weighted by Crippen LogP contribution is -2.41. The molecular weight excluding hydrogens is 421 g/mol. The number of methoxy groups -OCH3 is 1. The molecule has 170 valence electrons. The summed E-state index contributed by atoms with van der Waals surface area (Å²) < 4.78 is 22.4. The monoisotopic (exact) mass is 451 g/mol. The predicted octanol–water partition coefficient (Wildman–Crippen LogP) is 4.67. The van der Waals surface area contributed by atoms with Gasteiger partial charge in [0.15, 0.2) is 0 Å². The molecule has 1 amide bonds. The zero-order chi connectivity index (χ0) is 23.6. The van der Waals surface area contributed by atoms with Crippen LogP contribution in [0.1, 0.15) is 64.4 Å². The maximum atomic E-state index is 12.2. The molecule has 0 unspecified atom stereocenters. The number of hydrogen-bond acceptors (Lipinski definition) is 6. The van der Waals surface area contributed by atoms with Gasteiger partial charge in [0, 0.05) is 6.54 Å². The van der Waals surface area contributed by atoms with Gasteiger partial charge in [-0.2, -0.15) is 0 Å². The lowest BCUT2D eigenvalue weighted by atomic mass is 9.77. The molecule has 1 aromatic rings. The fourth-order valence-electron chi connectivity index (χ4n) is 2.80. The van der Waals surface area contributed by atoms with Crippen molar-refractivity contribution in [3.8, 4) is 0 Å². The van der Waals surface area contributed by atoms with Crippen LogP contribution in [0.15, 0.2) is 23.7 Å². The second-order valence-corrected chi connectivity index (χ2v) is 9.80. The zero-order valence-electron chi connectivity index (χ0n) is 19.4. The second-order valence-electron chi connectivity index (χ2n) is 9.39. The van der Waals surface area contributed by atoms with Gasteiger partial charge in [-0.25, -0.2) is 9.59 Å². The first-order chi connectivity index (χ1) is 14.1. The molecule has 0 aliphatic carbocycles. The van der Waals surface area contributed by atoms with E-state index in [9.17, 15) is 9.59 Å². The normalized spacial score (nSPS) is 18.0. The summed E-state index contributed by atoms with van der Waals surface area (Å²) in [6, 6.07) is 4.96. The molecule has 1 aliphatic heterocycles. The van der Waals surface area contributed by atoms with Gasteiger partial charge in [-0.05, 0) is 71.6 Å². The van der Waals surface area contributed by atoms with E-state index < -0.39 is 36.0 Å². The van der Waals surface area contributed by atoms with Gasteiger partial charge in [-0.3, -0.25) is 0 Å². The Morgan fingerprint density at radius 2 is 1.74 bits per heavy atom. The first-order valence-electron chi connectivity index (χ1n) is 10.1. The van der Waals surface area contributed by atoms with E-state index in [1.165, 1.54) is 7.11 Å². The number of alkyl carbamates (subject to hydrolysis) is 1. The molecule has 1 fully saturated rings. The minimum Gasteiger partial charge on any atom is -0.465 e. The van der Waals surface area contributed by atoms with Crippen LogP contribution in [0.5, 0.6) is 0 Å². The van der Waals surface area contributed by atoms with Crippen molar-refractivity contribution in [2.45, 2.75) is 65.3 Å². The molecule has 0 radical (unpaired) electrons. The number of rotatable bonds is 5. The average molecular weight is 452 g/mol. The maximum Gasteiger partial charge on any atom is 0.492 e. The lowest BCUT2D eigenvalue weighted by Gasteiger charge is -2.32. The molecule has 2 rings (SSSR count). The first kappa shape index (κ1) is 25.2. The topological polar surface area (TPSA) is 83.1 Å². The quantitative estimate of drug-likeness (QED) is 0.517. The first-order valence-corrected chi connectivity index (χ1v) is 10.4. The van der Waals surface area contributed by atoms with Crippen molar-refractivity contribution in [3.05, 3.63) is 39.8 Å². The van der Waals surface area contributed by atoms with Crippen molar-refractivity contribution in [3.63, 3.8) is 0 Å². The Morgan fingerprint density at radius 3 is 2.23 bits per heavy atom. The van der Waals surface area contributed by atoms with E-state index >= 15 is 0 Å². The summed E-state index contributed by atoms with van der Waals surface area (Å²) in [6.45, 7) is 13.3. The number of halogens is 1. The van der Waals surface area contributed by atoms with Crippen molar-refractivity contribution in [1.82, 2.24) is 5.32 Å². The summed E-state index contributed by atoms with van der Waals surface area (Å²) in [7, 11) is 0.615. The third-order valence-corrected chi connectivity index (χ3v) is 5.45. The molecule has 0 bridgehead atoms. The van der Waals surface area contributed by atoms with E-state index in [1.807, 2.05) is 33.8 Å². The molecule has 9 heteroatoms. The Labute approximate surface area is 189 Å². The highest BCUT2D eigenvalue weighted by molar-refractivity contribution is 6.56. The SMILES string of the molecule is COC(=O)c1ccc(C=C(CNC(=O)OC(C)(C)C)B2OC(C)(C)C(C)(C)O2)cc1Cl. The lowest BCUT2D eigenvalue weighted by molar-refractivity contribution is 0.00578. The summed E-state index contributed by atoms with van der Waals surface area (Å²) in [6.07, 6.45) is 1.26. The molecule has 0 atom stereocenters. The van der Waals surface area contributed by atoms with E-state index in [0.717, 1.165) is 0 Å². The summed E-state index contributed by atoms with van der Waals surface area (Å²) in [5.41, 5.74) is -0.0511. The summed E-state index contributed by atoms with van der Waals surface area (Å²) in [5, 5.41) is 3.01. The minimum absolute atomic E-state index is 0.141. The van der Waals surface area contributed by atoms with Crippen LogP contribution in [0.2, 0.25) is 5.02 Å². The number of ether oxygens (including phenoxy) is 2. The molecule has 0 spiro atoms. The second kappa shape index (κ2) is 9.22. The predicted molar refractivity (Wildman–Crippen MR) is 121 cm³/mol. The maximum absolute atomic E-state index is 12.2. The fourth-order valence-corrected chi connectivity index (χ4v) is 3.06. The van der Waals surface area contributed by atoms with Crippen molar-refractivity contribution >= 4 is 36.9 Å². The van der Waals surface area contributed by atoms with Gasteiger partial charge in [0.2, 0.25) is 0 Å². The number of benzene rings is 1. The van der Waals surface area contributed by atoms with Crippen LogP contribution in [0.25, 0.3) is 6.08 Å². The molecular formula is C22H31BClNO6.